The molecule has 0 bridgehead atoms. The van der Waals surface area contributed by atoms with Gasteiger partial charge in [0.1, 0.15) is 11.5 Å². The summed E-state index contributed by atoms with van der Waals surface area (Å²) in [6.45, 7) is 1.93. The molecule has 0 N–H and O–H groups in total. The molecule has 0 aliphatic carbocycles. The first kappa shape index (κ1) is 24.8. The van der Waals surface area contributed by atoms with Crippen LogP contribution in [0.1, 0.15) is 15.9 Å². The molecule has 0 radical (unpaired) electrons. The first-order valence-corrected chi connectivity index (χ1v) is 11.0. The average molecular weight is 501 g/mol. The van der Waals surface area contributed by atoms with Gasteiger partial charge in [0, 0.05) is 32.2 Å². The Morgan fingerprint density at radius 1 is 0.917 bits per heavy atom. The van der Waals surface area contributed by atoms with E-state index in [1.807, 2.05) is 24.3 Å². The molecule has 188 valence electrons. The molecule has 0 atom stereocenters. The zero-order valence-corrected chi connectivity index (χ0v) is 19.2. The monoisotopic (exact) mass is 501 g/mol. The van der Waals surface area contributed by atoms with Crippen LogP contribution in [-0.2, 0) is 6.18 Å². The Morgan fingerprint density at radius 2 is 1.56 bits per heavy atom. The number of rotatable bonds is 6. The SMILES string of the molecule is COc1ccccc1N1CCN(C(=O)c2ccccc2Oc2ccc(C(F)(F)F)cc2[N+](=O)[O-])CC1. The molecule has 11 heteroatoms. The number of nitrogens with zero attached hydrogens (tertiary/aromatic N) is 3. The van der Waals surface area contributed by atoms with Crippen molar-refractivity contribution in [2.24, 2.45) is 0 Å². The summed E-state index contributed by atoms with van der Waals surface area (Å²) >= 11 is 0. The fourth-order valence-corrected chi connectivity index (χ4v) is 3.99. The topological polar surface area (TPSA) is 85.2 Å². The molecule has 1 amide bonds. The highest BCUT2D eigenvalue weighted by Gasteiger charge is 2.34. The highest BCUT2D eigenvalue weighted by molar-refractivity contribution is 5.97. The van der Waals surface area contributed by atoms with Crippen LogP contribution in [0.3, 0.4) is 0 Å². The number of methoxy groups -OCH3 is 1. The molecule has 8 nitrogen and oxygen atoms in total. The molecule has 0 unspecified atom stereocenters. The second-order valence-corrected chi connectivity index (χ2v) is 7.99. The molecule has 3 aromatic carbocycles. The van der Waals surface area contributed by atoms with Gasteiger partial charge in [-0.2, -0.15) is 13.2 Å². The molecule has 3 aromatic rings. The van der Waals surface area contributed by atoms with Crippen LogP contribution in [0.5, 0.6) is 17.2 Å². The van der Waals surface area contributed by atoms with E-state index in [1.54, 1.807) is 24.1 Å². The fourth-order valence-electron chi connectivity index (χ4n) is 3.99. The smallest absolute Gasteiger partial charge is 0.416 e. The average Bonchev–Trinajstić information content (AvgIpc) is 2.88. The molecule has 1 aliphatic heterocycles. The summed E-state index contributed by atoms with van der Waals surface area (Å²) in [5.74, 6) is 0.000702. The number of hydrogen-bond donors (Lipinski definition) is 0. The van der Waals surface area contributed by atoms with Crippen molar-refractivity contribution in [1.29, 1.82) is 0 Å². The number of nitro benzene ring substituents is 1. The summed E-state index contributed by atoms with van der Waals surface area (Å²) in [7, 11) is 1.59. The lowest BCUT2D eigenvalue weighted by Crippen LogP contribution is -2.48. The predicted molar refractivity (Wildman–Crippen MR) is 126 cm³/mol. The maximum absolute atomic E-state index is 13.3. The van der Waals surface area contributed by atoms with Gasteiger partial charge in [-0.05, 0) is 36.4 Å². The number of para-hydroxylation sites is 3. The molecule has 1 saturated heterocycles. The highest BCUT2D eigenvalue weighted by atomic mass is 19.4. The molecule has 1 fully saturated rings. The zero-order valence-electron chi connectivity index (χ0n) is 19.2. The van der Waals surface area contributed by atoms with Gasteiger partial charge in [-0.3, -0.25) is 14.9 Å². The van der Waals surface area contributed by atoms with E-state index >= 15 is 0 Å². The predicted octanol–water partition coefficient (Wildman–Crippen LogP) is 5.38. The lowest BCUT2D eigenvalue weighted by atomic mass is 10.1. The van der Waals surface area contributed by atoms with Crippen molar-refractivity contribution in [3.05, 3.63) is 88.0 Å². The molecular formula is C25H22F3N3O5. The first-order chi connectivity index (χ1) is 17.2. The summed E-state index contributed by atoms with van der Waals surface area (Å²) in [4.78, 5) is 27.5. The van der Waals surface area contributed by atoms with Crippen molar-refractivity contribution in [3.8, 4) is 17.2 Å². The molecule has 4 rings (SSSR count). The Hall–Kier alpha value is -4.28. The van der Waals surface area contributed by atoms with E-state index in [1.165, 1.54) is 12.1 Å². The number of piperazine rings is 1. The standard InChI is InChI=1S/C25H22F3N3O5/c1-35-22-9-5-3-7-19(22)29-12-14-30(15-13-29)24(32)18-6-2-4-8-21(18)36-23-11-10-17(25(26,27)28)16-20(23)31(33)34/h2-11,16H,12-15H2,1H3. The minimum absolute atomic E-state index is 0.0116. The van der Waals surface area contributed by atoms with Gasteiger partial charge in [0.05, 0.1) is 28.8 Å². The van der Waals surface area contributed by atoms with Gasteiger partial charge in [-0.25, -0.2) is 0 Å². The van der Waals surface area contributed by atoms with E-state index < -0.39 is 28.1 Å². The molecule has 0 aromatic heterocycles. The largest absolute Gasteiger partial charge is 0.495 e. The summed E-state index contributed by atoms with van der Waals surface area (Å²) < 4.78 is 50.1. The van der Waals surface area contributed by atoms with Gasteiger partial charge in [-0.15, -0.1) is 0 Å². The van der Waals surface area contributed by atoms with Gasteiger partial charge in [0.15, 0.2) is 0 Å². The van der Waals surface area contributed by atoms with Crippen LogP contribution in [0.25, 0.3) is 0 Å². The Kier molecular flexibility index (Phi) is 7.00. The zero-order chi connectivity index (χ0) is 25.9. The number of ether oxygens (including phenoxy) is 2. The van der Waals surface area contributed by atoms with Gasteiger partial charge < -0.3 is 19.3 Å². The van der Waals surface area contributed by atoms with E-state index in [-0.39, 0.29) is 17.2 Å². The van der Waals surface area contributed by atoms with Crippen LogP contribution in [0, 0.1) is 10.1 Å². The van der Waals surface area contributed by atoms with Gasteiger partial charge in [0.2, 0.25) is 5.75 Å². The Labute approximate surface area is 204 Å². The number of amides is 1. The molecule has 0 spiro atoms. The molecular weight excluding hydrogens is 479 g/mol. The summed E-state index contributed by atoms with van der Waals surface area (Å²) in [5, 5.41) is 11.4. The van der Waals surface area contributed by atoms with E-state index in [0.29, 0.717) is 38.3 Å². The third-order valence-electron chi connectivity index (χ3n) is 5.81. The van der Waals surface area contributed by atoms with Gasteiger partial charge in [0.25, 0.3) is 5.91 Å². The lowest BCUT2D eigenvalue weighted by Gasteiger charge is -2.36. The third kappa shape index (κ3) is 5.19. The quantitative estimate of drug-likeness (QED) is 0.333. The number of halogens is 3. The van der Waals surface area contributed by atoms with E-state index in [9.17, 15) is 28.1 Å². The van der Waals surface area contributed by atoms with Crippen molar-refractivity contribution < 1.29 is 32.4 Å². The summed E-state index contributed by atoms with van der Waals surface area (Å²) in [5.41, 5.74) is -0.945. The number of carbonyl (C=O) groups excluding carboxylic acids is 1. The number of nitro groups is 1. The minimum atomic E-state index is -4.75. The summed E-state index contributed by atoms with van der Waals surface area (Å²) in [6.07, 6.45) is -4.75. The lowest BCUT2D eigenvalue weighted by molar-refractivity contribution is -0.385. The normalized spacial score (nSPS) is 13.9. The van der Waals surface area contributed by atoms with Gasteiger partial charge in [-0.1, -0.05) is 24.3 Å². The fraction of sp³-hybridized carbons (Fsp3) is 0.240. The van der Waals surface area contributed by atoms with Crippen molar-refractivity contribution >= 4 is 17.3 Å². The number of carbonyl (C=O) groups is 1. The Balaban J connectivity index is 1.53. The maximum atomic E-state index is 13.3. The van der Waals surface area contributed by atoms with E-state index in [0.717, 1.165) is 17.5 Å². The summed E-state index contributed by atoms with van der Waals surface area (Å²) in [6, 6.07) is 15.7. The molecule has 0 saturated carbocycles. The van der Waals surface area contributed by atoms with Crippen LogP contribution in [0.15, 0.2) is 66.7 Å². The molecule has 1 aliphatic rings. The number of alkyl halides is 3. The van der Waals surface area contributed by atoms with Crippen LogP contribution in [-0.4, -0.2) is 49.0 Å². The van der Waals surface area contributed by atoms with Crippen molar-refractivity contribution in [2.45, 2.75) is 6.18 Å². The minimum Gasteiger partial charge on any atom is -0.495 e. The van der Waals surface area contributed by atoms with Crippen molar-refractivity contribution in [1.82, 2.24) is 4.90 Å². The first-order valence-electron chi connectivity index (χ1n) is 11.0. The second-order valence-electron chi connectivity index (χ2n) is 7.99. The molecule has 1 heterocycles. The van der Waals surface area contributed by atoms with E-state index in [2.05, 4.69) is 4.90 Å². The van der Waals surface area contributed by atoms with Crippen LogP contribution in [0.2, 0.25) is 0 Å². The van der Waals surface area contributed by atoms with Gasteiger partial charge >= 0.3 is 11.9 Å². The van der Waals surface area contributed by atoms with Crippen LogP contribution in [0.4, 0.5) is 24.5 Å². The molecule has 36 heavy (non-hydrogen) atoms. The Morgan fingerprint density at radius 3 is 2.19 bits per heavy atom. The number of benzene rings is 3. The third-order valence-corrected chi connectivity index (χ3v) is 5.81. The Bertz CT molecular complexity index is 1270. The van der Waals surface area contributed by atoms with Crippen molar-refractivity contribution in [3.63, 3.8) is 0 Å². The van der Waals surface area contributed by atoms with Crippen molar-refractivity contribution in [2.75, 3.05) is 38.2 Å². The van der Waals surface area contributed by atoms with Crippen LogP contribution >= 0.6 is 0 Å². The van der Waals surface area contributed by atoms with E-state index in [4.69, 9.17) is 9.47 Å². The highest BCUT2D eigenvalue weighted by Crippen LogP contribution is 2.38. The number of hydrogen-bond acceptors (Lipinski definition) is 6. The van der Waals surface area contributed by atoms with Crippen LogP contribution < -0.4 is 14.4 Å². The number of anilines is 1. The second kappa shape index (κ2) is 10.1. The maximum Gasteiger partial charge on any atom is 0.416 e.